The molecule has 17 heavy (non-hydrogen) atoms. The van der Waals surface area contributed by atoms with Gasteiger partial charge in [-0.15, -0.1) is 0 Å². The van der Waals surface area contributed by atoms with Gasteiger partial charge in [0.15, 0.2) is 0 Å². The van der Waals surface area contributed by atoms with Crippen molar-refractivity contribution in [1.82, 2.24) is 0 Å². The summed E-state index contributed by atoms with van der Waals surface area (Å²) in [5.74, 6) is 0. The van der Waals surface area contributed by atoms with Crippen molar-refractivity contribution in [2.24, 2.45) is 0 Å². The first-order valence-corrected chi connectivity index (χ1v) is 7.92. The zero-order valence-corrected chi connectivity index (χ0v) is 12.0. The van der Waals surface area contributed by atoms with Crippen LogP contribution in [-0.2, 0) is 24.7 Å². The topological polar surface area (TPSA) is 118 Å². The number of rotatable bonds is 5. The van der Waals surface area contributed by atoms with E-state index in [0.717, 1.165) is 0 Å². The highest BCUT2D eigenvalue weighted by Crippen LogP contribution is 2.00. The average Bonchev–Trinajstić information content (AvgIpc) is 2.13. The third kappa shape index (κ3) is 13.7. The Hall–Kier alpha value is -0.220. The van der Waals surface area contributed by atoms with Crippen LogP contribution >= 0.6 is 0 Å². The highest BCUT2D eigenvalue weighted by molar-refractivity contribution is 7.86. The Labute approximate surface area is 103 Å². The summed E-state index contributed by atoms with van der Waals surface area (Å²) in [4.78, 5) is 0. The lowest BCUT2D eigenvalue weighted by Crippen LogP contribution is -2.14. The summed E-state index contributed by atoms with van der Waals surface area (Å²) in [6.45, 7) is 6.50. The minimum atomic E-state index is -4.24. The van der Waals surface area contributed by atoms with Crippen LogP contribution in [0.2, 0.25) is 0 Å². The second-order valence-corrected chi connectivity index (χ2v) is 6.36. The van der Waals surface area contributed by atoms with Gasteiger partial charge in [0.25, 0.3) is 10.1 Å². The first kappa shape index (κ1) is 19.1. The molecular weight excluding hydrogens is 272 g/mol. The van der Waals surface area contributed by atoms with Crippen molar-refractivity contribution < 1.29 is 30.1 Å². The third-order valence-electron chi connectivity index (χ3n) is 1.94. The van der Waals surface area contributed by atoms with Gasteiger partial charge in [0.1, 0.15) is 0 Å². The molecule has 0 aliphatic rings. The van der Waals surface area contributed by atoms with E-state index in [2.05, 4.69) is 4.18 Å². The molecule has 0 saturated heterocycles. The van der Waals surface area contributed by atoms with Crippen molar-refractivity contribution in [1.29, 1.82) is 0 Å². The monoisotopic (exact) mass is 292 g/mol. The molecule has 9 heteroatoms. The quantitative estimate of drug-likeness (QED) is 0.732. The molecule has 0 heterocycles. The van der Waals surface area contributed by atoms with Gasteiger partial charge in [0.05, 0.1) is 11.4 Å². The zero-order chi connectivity index (χ0) is 14.3. The molecule has 0 rings (SSSR count). The Kier molecular flexibility index (Phi) is 8.98. The molecule has 0 radical (unpaired) electrons. The van der Waals surface area contributed by atoms with Crippen LogP contribution in [0.3, 0.4) is 0 Å². The van der Waals surface area contributed by atoms with E-state index < -0.39 is 31.9 Å². The summed E-state index contributed by atoms with van der Waals surface area (Å²) in [5, 5.41) is -0.623. The summed E-state index contributed by atoms with van der Waals surface area (Å²) in [7, 11) is -7.99. The fourth-order valence-corrected chi connectivity index (χ4v) is 1.46. The van der Waals surface area contributed by atoms with E-state index in [1.165, 1.54) is 6.92 Å². The van der Waals surface area contributed by atoms with Crippen molar-refractivity contribution in [3.63, 3.8) is 0 Å². The van der Waals surface area contributed by atoms with Crippen molar-refractivity contribution in [3.05, 3.63) is 0 Å². The summed E-state index contributed by atoms with van der Waals surface area (Å²) in [6.07, 6.45) is 0.568. The van der Waals surface area contributed by atoms with Gasteiger partial charge in [-0.1, -0.05) is 13.8 Å². The average molecular weight is 292 g/mol. The number of hydrogen-bond acceptors (Lipinski definition) is 5. The van der Waals surface area contributed by atoms with E-state index in [1.54, 1.807) is 20.8 Å². The first-order valence-electron chi connectivity index (χ1n) is 5.06. The first-order chi connectivity index (χ1) is 7.44. The van der Waals surface area contributed by atoms with Crippen molar-refractivity contribution in [3.8, 4) is 0 Å². The van der Waals surface area contributed by atoms with Crippen LogP contribution in [0.1, 0.15) is 40.5 Å². The van der Waals surface area contributed by atoms with Gasteiger partial charge < -0.3 is 0 Å². The minimum Gasteiger partial charge on any atom is -0.285 e. The molecule has 0 bridgehead atoms. The lowest BCUT2D eigenvalue weighted by atomic mass is 10.3. The van der Waals surface area contributed by atoms with Crippen molar-refractivity contribution in [2.45, 2.75) is 51.9 Å². The van der Waals surface area contributed by atoms with Crippen molar-refractivity contribution in [2.75, 3.05) is 0 Å². The molecule has 0 saturated carbocycles. The second-order valence-electron chi connectivity index (χ2n) is 3.48. The summed E-state index contributed by atoms with van der Waals surface area (Å²) in [5.41, 5.74) is 0. The van der Waals surface area contributed by atoms with Crippen LogP contribution in [0.25, 0.3) is 0 Å². The molecule has 0 aromatic carbocycles. The molecule has 0 spiro atoms. The van der Waals surface area contributed by atoms with Crippen LogP contribution in [0.15, 0.2) is 0 Å². The molecule has 2 N–H and O–H groups in total. The largest absolute Gasteiger partial charge is 0.397 e. The Morgan fingerprint density at radius 1 is 1.00 bits per heavy atom. The predicted molar refractivity (Wildman–Crippen MR) is 63.7 cm³/mol. The molecule has 0 aliphatic heterocycles. The van der Waals surface area contributed by atoms with Crippen molar-refractivity contribution >= 4 is 20.5 Å². The Morgan fingerprint density at radius 2 is 1.41 bits per heavy atom. The second kappa shape index (κ2) is 7.98. The van der Waals surface area contributed by atoms with Gasteiger partial charge in [0.2, 0.25) is 0 Å². The fourth-order valence-electron chi connectivity index (χ4n) is 0.486. The van der Waals surface area contributed by atoms with Gasteiger partial charge >= 0.3 is 10.4 Å². The maximum Gasteiger partial charge on any atom is 0.397 e. The standard InChI is InChI=1S/C4H10O4S.C4H10O3S/c1-3-4(2)8-9(5,6)7;1-3-4(2)8(5,6)7/h4H,3H2,1-2H3,(H,5,6,7);4H,3H2,1-2H3,(H,5,6,7). The predicted octanol–water partition coefficient (Wildman–Crippen LogP) is 1.28. The lowest BCUT2D eigenvalue weighted by Gasteiger charge is -2.04. The molecular formula is C8H20O7S2. The summed E-state index contributed by atoms with van der Waals surface area (Å²) < 4.78 is 60.5. The maximum atomic E-state index is 10.1. The minimum absolute atomic E-state index is 0.444. The molecule has 2 unspecified atom stereocenters. The van der Waals surface area contributed by atoms with E-state index in [1.807, 2.05) is 0 Å². The van der Waals surface area contributed by atoms with Gasteiger partial charge in [-0.25, -0.2) is 4.18 Å². The Balaban J connectivity index is 0. The van der Waals surface area contributed by atoms with E-state index in [4.69, 9.17) is 9.11 Å². The van der Waals surface area contributed by atoms with E-state index >= 15 is 0 Å². The lowest BCUT2D eigenvalue weighted by molar-refractivity contribution is 0.194. The molecule has 106 valence electrons. The van der Waals surface area contributed by atoms with E-state index in [9.17, 15) is 16.8 Å². The van der Waals surface area contributed by atoms with Gasteiger partial charge in [-0.05, 0) is 26.7 Å². The smallest absolute Gasteiger partial charge is 0.285 e. The third-order valence-corrected chi connectivity index (χ3v) is 3.87. The van der Waals surface area contributed by atoms with Gasteiger partial charge in [-0.3, -0.25) is 9.11 Å². The highest BCUT2D eigenvalue weighted by Gasteiger charge is 2.13. The molecule has 0 aromatic rings. The maximum absolute atomic E-state index is 10.1. The van der Waals surface area contributed by atoms with E-state index in [-0.39, 0.29) is 0 Å². The van der Waals surface area contributed by atoms with Crippen LogP contribution in [-0.4, -0.2) is 37.3 Å². The SMILES string of the molecule is CCC(C)OS(=O)(=O)O.CCC(C)S(=O)(=O)O. The van der Waals surface area contributed by atoms with Crippen LogP contribution in [0.5, 0.6) is 0 Å². The molecule has 2 atom stereocenters. The Morgan fingerprint density at radius 3 is 1.47 bits per heavy atom. The van der Waals surface area contributed by atoms with Gasteiger partial charge in [-0.2, -0.15) is 16.8 Å². The molecule has 0 aliphatic carbocycles. The van der Waals surface area contributed by atoms with Crippen LogP contribution in [0.4, 0.5) is 0 Å². The van der Waals surface area contributed by atoms with Crippen LogP contribution in [0, 0.1) is 0 Å². The molecule has 0 aromatic heterocycles. The number of hydrogen-bond donors (Lipinski definition) is 2. The fraction of sp³-hybridized carbons (Fsp3) is 1.00. The normalized spacial score (nSPS) is 15.6. The van der Waals surface area contributed by atoms with Crippen LogP contribution < -0.4 is 0 Å². The molecule has 0 fully saturated rings. The highest BCUT2D eigenvalue weighted by atomic mass is 32.3. The molecule has 0 amide bonds. The summed E-state index contributed by atoms with van der Waals surface area (Å²) >= 11 is 0. The van der Waals surface area contributed by atoms with E-state index in [0.29, 0.717) is 12.8 Å². The Bertz CT molecular complexity index is 384. The summed E-state index contributed by atoms with van der Waals surface area (Å²) in [6, 6.07) is 0. The molecule has 7 nitrogen and oxygen atoms in total. The van der Waals surface area contributed by atoms with Gasteiger partial charge in [0, 0.05) is 0 Å². The zero-order valence-electron chi connectivity index (χ0n) is 10.3.